The van der Waals surface area contributed by atoms with E-state index in [0.717, 1.165) is 17.5 Å². The van der Waals surface area contributed by atoms with Crippen LogP contribution in [0, 0.1) is 19.8 Å². The molecule has 42 heavy (non-hydrogen) atoms. The third kappa shape index (κ3) is 6.58. The van der Waals surface area contributed by atoms with Crippen LogP contribution in [0.3, 0.4) is 0 Å². The fourth-order valence-corrected chi connectivity index (χ4v) is 5.10. The number of amides is 1. The summed E-state index contributed by atoms with van der Waals surface area (Å²) in [5.74, 6) is -0.240. The van der Waals surface area contributed by atoms with E-state index in [9.17, 15) is 19.5 Å². The van der Waals surface area contributed by atoms with Crippen LogP contribution >= 0.6 is 0 Å². The first-order valence-corrected chi connectivity index (χ1v) is 14.0. The lowest BCUT2D eigenvalue weighted by Crippen LogP contribution is -2.61. The van der Waals surface area contributed by atoms with Crippen molar-refractivity contribution in [3.63, 3.8) is 0 Å². The van der Waals surface area contributed by atoms with Crippen LogP contribution in [0.5, 0.6) is 5.75 Å². The third-order valence-electron chi connectivity index (χ3n) is 8.05. The van der Waals surface area contributed by atoms with Gasteiger partial charge in [0.05, 0.1) is 5.60 Å². The van der Waals surface area contributed by atoms with Crippen LogP contribution in [0.15, 0.2) is 57.3 Å². The molecule has 1 amide bonds. The smallest absolute Gasteiger partial charge is 0.404 e. The lowest BCUT2D eigenvalue weighted by molar-refractivity contribution is -0.283. The van der Waals surface area contributed by atoms with E-state index in [4.69, 9.17) is 24.4 Å². The number of allylic oxidation sites excluding steroid dienone is 2. The van der Waals surface area contributed by atoms with Gasteiger partial charge in [-0.3, -0.25) is 4.79 Å². The minimum absolute atomic E-state index is 0.0999. The molecule has 0 bridgehead atoms. The van der Waals surface area contributed by atoms with Crippen LogP contribution in [0.2, 0.25) is 0 Å². The summed E-state index contributed by atoms with van der Waals surface area (Å²) in [6, 6.07) is 10.6. The van der Waals surface area contributed by atoms with E-state index >= 15 is 0 Å². The van der Waals surface area contributed by atoms with E-state index in [1.807, 2.05) is 32.9 Å². The predicted molar refractivity (Wildman–Crippen MR) is 159 cm³/mol. The number of carbonyl (C=O) groups is 2. The zero-order valence-corrected chi connectivity index (χ0v) is 25.1. The SMILES string of the molecule is CC(C)=CCc1cc(C(=O)Cc2cc3ccc(OC4OC(C)(C)[C@H](C)[C@H](OC(N)=O)[C@@H]4O)c(C)c3oc2=O)ccc1C. The number of hydrogen-bond donors (Lipinski definition) is 2. The average molecular weight is 578 g/mol. The second-order valence-corrected chi connectivity index (χ2v) is 11.8. The maximum atomic E-state index is 13.2. The number of nitrogens with two attached hydrogens (primary N) is 1. The molecule has 9 nitrogen and oxygen atoms in total. The molecule has 2 aromatic carbocycles. The van der Waals surface area contributed by atoms with Crippen molar-refractivity contribution >= 4 is 22.8 Å². The Balaban J connectivity index is 1.58. The molecule has 3 N–H and O–H groups in total. The van der Waals surface area contributed by atoms with E-state index in [-0.39, 0.29) is 29.3 Å². The molecule has 1 unspecified atom stereocenters. The van der Waals surface area contributed by atoms with Crippen molar-refractivity contribution in [2.75, 3.05) is 0 Å². The summed E-state index contributed by atoms with van der Waals surface area (Å²) in [4.78, 5) is 37.6. The molecule has 0 radical (unpaired) electrons. The molecule has 1 saturated heterocycles. The second-order valence-electron chi connectivity index (χ2n) is 11.8. The summed E-state index contributed by atoms with van der Waals surface area (Å²) in [6.45, 7) is 13.2. The summed E-state index contributed by atoms with van der Waals surface area (Å²) in [6.07, 6.45) is -1.72. The lowest BCUT2D eigenvalue weighted by atomic mass is 9.82. The number of aryl methyl sites for hydroxylation is 2. The zero-order chi connectivity index (χ0) is 30.9. The molecule has 1 aliphatic rings. The Morgan fingerprint density at radius 2 is 1.81 bits per heavy atom. The number of Topliss-reactive ketones (excluding diaryl/α,β-unsaturated/α-hetero) is 1. The Morgan fingerprint density at radius 1 is 1.10 bits per heavy atom. The minimum Gasteiger partial charge on any atom is -0.462 e. The number of fused-ring (bicyclic) bond motifs is 1. The molecule has 2 heterocycles. The average Bonchev–Trinajstić information content (AvgIpc) is 2.91. The van der Waals surface area contributed by atoms with Crippen LogP contribution in [0.1, 0.15) is 67.2 Å². The number of benzene rings is 2. The number of aliphatic hydroxyl groups is 1. The van der Waals surface area contributed by atoms with Crippen molar-refractivity contribution in [1.29, 1.82) is 0 Å². The van der Waals surface area contributed by atoms with E-state index < -0.39 is 35.8 Å². The summed E-state index contributed by atoms with van der Waals surface area (Å²) in [5, 5.41) is 11.5. The van der Waals surface area contributed by atoms with Gasteiger partial charge in [0.25, 0.3) is 0 Å². The summed E-state index contributed by atoms with van der Waals surface area (Å²) in [5.41, 5.74) is 8.74. The summed E-state index contributed by atoms with van der Waals surface area (Å²) >= 11 is 0. The zero-order valence-electron chi connectivity index (χ0n) is 25.1. The molecule has 3 aromatic rings. The Hall–Kier alpha value is -3.95. The number of carbonyl (C=O) groups excluding carboxylic acids is 2. The van der Waals surface area contributed by atoms with Crippen molar-refractivity contribution in [1.82, 2.24) is 0 Å². The fraction of sp³-hybridized carbons (Fsp3) is 0.424. The van der Waals surface area contributed by atoms with Crippen molar-refractivity contribution in [2.45, 2.75) is 85.4 Å². The van der Waals surface area contributed by atoms with Crippen LogP contribution in [0.25, 0.3) is 11.0 Å². The molecule has 1 aliphatic heterocycles. The number of ketones is 1. The molecule has 0 spiro atoms. The first-order chi connectivity index (χ1) is 19.7. The van der Waals surface area contributed by atoms with Crippen LogP contribution in [-0.2, 0) is 22.3 Å². The number of ether oxygens (including phenoxy) is 3. The van der Waals surface area contributed by atoms with Gasteiger partial charge in [0.15, 0.2) is 11.9 Å². The molecule has 9 heteroatoms. The molecule has 1 fully saturated rings. The van der Waals surface area contributed by atoms with Gasteiger partial charge in [-0.1, -0.05) is 30.7 Å². The van der Waals surface area contributed by atoms with Crippen LogP contribution < -0.4 is 16.1 Å². The molecule has 1 aromatic heterocycles. The highest BCUT2D eigenvalue weighted by Crippen LogP contribution is 2.38. The Labute approximate surface area is 245 Å². The first kappa shape index (κ1) is 31.0. The number of hydrogen-bond acceptors (Lipinski definition) is 8. The largest absolute Gasteiger partial charge is 0.462 e. The highest BCUT2D eigenvalue weighted by Gasteiger charge is 2.50. The van der Waals surface area contributed by atoms with E-state index in [1.165, 1.54) is 5.57 Å². The van der Waals surface area contributed by atoms with Gasteiger partial charge in [-0.05, 0) is 83.4 Å². The van der Waals surface area contributed by atoms with Gasteiger partial charge < -0.3 is 29.5 Å². The monoisotopic (exact) mass is 577 g/mol. The van der Waals surface area contributed by atoms with Gasteiger partial charge in [-0.2, -0.15) is 0 Å². The van der Waals surface area contributed by atoms with Gasteiger partial charge in [-0.15, -0.1) is 0 Å². The van der Waals surface area contributed by atoms with Gasteiger partial charge in [0.2, 0.25) is 6.29 Å². The molecule has 4 rings (SSSR count). The maximum Gasteiger partial charge on any atom is 0.404 e. The Bertz CT molecular complexity index is 1600. The maximum absolute atomic E-state index is 13.2. The molecule has 224 valence electrons. The highest BCUT2D eigenvalue weighted by atomic mass is 16.7. The Kier molecular flexibility index (Phi) is 8.94. The quantitative estimate of drug-likeness (QED) is 0.208. The second kappa shape index (κ2) is 12.1. The van der Waals surface area contributed by atoms with Crippen molar-refractivity contribution < 1.29 is 33.3 Å². The van der Waals surface area contributed by atoms with Crippen LogP contribution in [0.4, 0.5) is 4.79 Å². The molecular weight excluding hydrogens is 538 g/mol. The number of primary amides is 1. The summed E-state index contributed by atoms with van der Waals surface area (Å²) < 4.78 is 22.9. The van der Waals surface area contributed by atoms with E-state index in [2.05, 4.69) is 6.08 Å². The topological polar surface area (TPSA) is 138 Å². The molecule has 4 atom stereocenters. The molecular formula is C33H39NO8. The van der Waals surface area contributed by atoms with Gasteiger partial charge in [0.1, 0.15) is 17.4 Å². The predicted octanol–water partition coefficient (Wildman–Crippen LogP) is 5.32. The van der Waals surface area contributed by atoms with Gasteiger partial charge >= 0.3 is 11.7 Å². The molecule has 0 saturated carbocycles. The van der Waals surface area contributed by atoms with E-state index in [1.54, 1.807) is 52.0 Å². The molecule has 0 aliphatic carbocycles. The standard InChI is InChI=1S/C33H39NO8/c1-17(2)8-10-21-14-22(11-9-18(21)3)25(35)16-24-15-23-12-13-26(19(4)28(23)40-30(24)37)39-31-27(36)29(41-32(34)38)20(5)33(6,7)42-31/h8-9,11-15,20,27,29,31,36H,10,16H2,1-7H3,(H2,34,38)/t20-,27+,29+,31?/m1/s1. The first-order valence-electron chi connectivity index (χ1n) is 14.0. The van der Waals surface area contributed by atoms with Crippen molar-refractivity contribution in [3.8, 4) is 5.75 Å². The normalized spacial score (nSPS) is 21.5. The van der Waals surface area contributed by atoms with Crippen molar-refractivity contribution in [2.24, 2.45) is 11.7 Å². The number of rotatable bonds is 8. The minimum atomic E-state index is -1.32. The fourth-order valence-electron chi connectivity index (χ4n) is 5.10. The van der Waals surface area contributed by atoms with Crippen LogP contribution in [-0.4, -0.2) is 41.1 Å². The third-order valence-corrected chi connectivity index (χ3v) is 8.05. The van der Waals surface area contributed by atoms with Gasteiger partial charge in [0, 0.05) is 34.4 Å². The Morgan fingerprint density at radius 3 is 2.48 bits per heavy atom. The van der Waals surface area contributed by atoms with E-state index in [0.29, 0.717) is 22.3 Å². The van der Waals surface area contributed by atoms with Gasteiger partial charge in [-0.25, -0.2) is 9.59 Å². The summed E-state index contributed by atoms with van der Waals surface area (Å²) in [7, 11) is 0. The lowest BCUT2D eigenvalue weighted by Gasteiger charge is -2.47. The van der Waals surface area contributed by atoms with Crippen molar-refractivity contribution in [3.05, 3.63) is 86.3 Å². The highest BCUT2D eigenvalue weighted by molar-refractivity contribution is 5.98. The number of aliphatic hydroxyl groups excluding tert-OH is 1.